The molecule has 0 fully saturated rings. The second-order valence-electron chi connectivity index (χ2n) is 7.08. The predicted molar refractivity (Wildman–Crippen MR) is 116 cm³/mol. The Morgan fingerprint density at radius 2 is 1.10 bits per heavy atom. The largest absolute Gasteiger partial charge is 0.460 e. The van der Waals surface area contributed by atoms with Gasteiger partial charge in [0.1, 0.15) is 19.5 Å². The fourth-order valence-corrected chi connectivity index (χ4v) is 3.33. The molecular weight excluding hydrogens is 392 g/mol. The predicted octanol–water partition coefficient (Wildman–Crippen LogP) is 4.46. The van der Waals surface area contributed by atoms with Crippen molar-refractivity contribution < 1.29 is 23.9 Å². The Labute approximate surface area is 181 Å². The van der Waals surface area contributed by atoms with Crippen LogP contribution in [0.3, 0.4) is 0 Å². The topological polar surface area (TPSA) is 69.7 Å². The lowest BCUT2D eigenvalue weighted by atomic mass is 9.83. The third kappa shape index (κ3) is 6.37. The molecule has 3 aromatic carbocycles. The van der Waals surface area contributed by atoms with Crippen LogP contribution in [0.2, 0.25) is 0 Å². The fraction of sp³-hybridized carbons (Fsp3) is 0.192. The molecule has 0 aliphatic carbocycles. The normalized spacial score (nSPS) is 11.5. The van der Waals surface area contributed by atoms with E-state index >= 15 is 0 Å². The zero-order valence-electron chi connectivity index (χ0n) is 17.1. The van der Waals surface area contributed by atoms with E-state index in [4.69, 9.17) is 9.47 Å². The van der Waals surface area contributed by atoms with E-state index in [0.29, 0.717) is 11.8 Å². The van der Waals surface area contributed by atoms with Gasteiger partial charge in [0.25, 0.3) is 0 Å². The summed E-state index contributed by atoms with van der Waals surface area (Å²) in [6.45, 7) is 0.0650. The van der Waals surface area contributed by atoms with Crippen LogP contribution in [0.15, 0.2) is 91.0 Å². The standard InChI is InChI=1S/C26H24O5/c27-17-16-23(22-14-8-3-9-15-22)24(25(28)30-18-20-10-4-1-5-11-20)26(29)31-19-21-12-6-2-7-13-21/h1-15,17,23-24H,16,18-19H2/t23-/m0/s1. The number of aldehydes is 1. The summed E-state index contributed by atoms with van der Waals surface area (Å²) in [4.78, 5) is 37.4. The second kappa shape index (κ2) is 11.5. The first-order valence-electron chi connectivity index (χ1n) is 10.1. The zero-order chi connectivity index (χ0) is 21.9. The number of carbonyl (C=O) groups excluding carboxylic acids is 3. The average Bonchev–Trinajstić information content (AvgIpc) is 2.83. The summed E-state index contributed by atoms with van der Waals surface area (Å²) in [6, 6.07) is 27.4. The SMILES string of the molecule is O=CC[C@@H](c1ccccc1)C(C(=O)OCc1ccccc1)C(=O)OCc1ccccc1. The maximum Gasteiger partial charge on any atom is 0.321 e. The number of benzene rings is 3. The Hall–Kier alpha value is -3.73. The third-order valence-corrected chi connectivity index (χ3v) is 4.94. The minimum atomic E-state index is -1.25. The highest BCUT2D eigenvalue weighted by atomic mass is 16.6. The summed E-state index contributed by atoms with van der Waals surface area (Å²) in [5, 5.41) is 0. The molecule has 5 heteroatoms. The summed E-state index contributed by atoms with van der Waals surface area (Å²) < 4.78 is 10.9. The van der Waals surface area contributed by atoms with Crippen LogP contribution in [0.5, 0.6) is 0 Å². The summed E-state index contributed by atoms with van der Waals surface area (Å²) in [6.07, 6.45) is 0.704. The molecule has 0 saturated heterocycles. The molecule has 0 radical (unpaired) electrons. The molecule has 31 heavy (non-hydrogen) atoms. The Morgan fingerprint density at radius 3 is 1.52 bits per heavy atom. The molecule has 1 atom stereocenters. The first-order chi connectivity index (χ1) is 15.2. The van der Waals surface area contributed by atoms with Gasteiger partial charge in [0.15, 0.2) is 5.92 Å². The Balaban J connectivity index is 1.81. The molecule has 3 rings (SSSR count). The Morgan fingerprint density at radius 1 is 0.677 bits per heavy atom. The lowest BCUT2D eigenvalue weighted by Gasteiger charge is -2.23. The van der Waals surface area contributed by atoms with E-state index in [0.717, 1.165) is 11.1 Å². The van der Waals surface area contributed by atoms with E-state index in [1.807, 2.05) is 66.7 Å². The van der Waals surface area contributed by atoms with Gasteiger partial charge in [-0.15, -0.1) is 0 Å². The molecule has 0 saturated carbocycles. The third-order valence-electron chi connectivity index (χ3n) is 4.94. The van der Waals surface area contributed by atoms with Gasteiger partial charge in [0, 0.05) is 12.3 Å². The summed E-state index contributed by atoms with van der Waals surface area (Å²) in [5.74, 6) is -3.35. The molecule has 0 bridgehead atoms. The van der Waals surface area contributed by atoms with E-state index in [9.17, 15) is 14.4 Å². The van der Waals surface area contributed by atoms with Crippen molar-refractivity contribution in [1.82, 2.24) is 0 Å². The molecule has 5 nitrogen and oxygen atoms in total. The fourth-order valence-electron chi connectivity index (χ4n) is 3.33. The van der Waals surface area contributed by atoms with Crippen molar-refractivity contribution in [3.8, 4) is 0 Å². The molecule has 0 spiro atoms. The van der Waals surface area contributed by atoms with Crippen molar-refractivity contribution in [3.63, 3.8) is 0 Å². The van der Waals surface area contributed by atoms with Gasteiger partial charge in [-0.1, -0.05) is 91.0 Å². The van der Waals surface area contributed by atoms with Crippen LogP contribution in [0, 0.1) is 5.92 Å². The molecule has 0 aliphatic heterocycles. The number of rotatable bonds is 10. The quantitative estimate of drug-likeness (QED) is 0.277. The Kier molecular flexibility index (Phi) is 8.12. The number of esters is 2. The van der Waals surface area contributed by atoms with Gasteiger partial charge in [-0.3, -0.25) is 9.59 Å². The molecule has 3 aromatic rings. The highest BCUT2D eigenvalue weighted by Gasteiger charge is 2.38. The Bertz CT molecular complexity index is 915. The minimum Gasteiger partial charge on any atom is -0.460 e. The first-order valence-corrected chi connectivity index (χ1v) is 10.1. The van der Waals surface area contributed by atoms with Gasteiger partial charge in [-0.25, -0.2) is 0 Å². The van der Waals surface area contributed by atoms with E-state index in [2.05, 4.69) is 0 Å². The van der Waals surface area contributed by atoms with Crippen molar-refractivity contribution in [2.75, 3.05) is 0 Å². The molecule has 0 aromatic heterocycles. The highest BCUT2D eigenvalue weighted by Crippen LogP contribution is 2.30. The van der Waals surface area contributed by atoms with Crippen LogP contribution in [-0.4, -0.2) is 18.2 Å². The van der Waals surface area contributed by atoms with E-state index in [1.54, 1.807) is 24.3 Å². The van der Waals surface area contributed by atoms with Gasteiger partial charge in [-0.2, -0.15) is 0 Å². The highest BCUT2D eigenvalue weighted by molar-refractivity contribution is 5.96. The van der Waals surface area contributed by atoms with Gasteiger partial charge in [-0.05, 0) is 16.7 Å². The molecule has 158 valence electrons. The number of hydrogen-bond donors (Lipinski definition) is 0. The first kappa shape index (κ1) is 22.0. The zero-order valence-corrected chi connectivity index (χ0v) is 17.1. The van der Waals surface area contributed by atoms with Crippen LogP contribution in [0.4, 0.5) is 0 Å². The molecular formula is C26H24O5. The number of hydrogen-bond acceptors (Lipinski definition) is 5. The molecule has 0 aliphatic rings. The van der Waals surface area contributed by atoms with Crippen LogP contribution in [-0.2, 0) is 37.1 Å². The van der Waals surface area contributed by atoms with Gasteiger partial charge >= 0.3 is 11.9 Å². The lowest BCUT2D eigenvalue weighted by molar-refractivity contribution is -0.165. The van der Waals surface area contributed by atoms with Gasteiger partial charge in [0.2, 0.25) is 0 Å². The summed E-state index contributed by atoms with van der Waals surface area (Å²) >= 11 is 0. The number of carbonyl (C=O) groups is 3. The molecule has 0 unspecified atom stereocenters. The van der Waals surface area contributed by atoms with Crippen LogP contribution in [0.1, 0.15) is 29.0 Å². The minimum absolute atomic E-state index is 0.00441. The van der Waals surface area contributed by atoms with Crippen LogP contribution < -0.4 is 0 Å². The van der Waals surface area contributed by atoms with Crippen molar-refractivity contribution in [2.24, 2.45) is 5.92 Å². The molecule has 0 amide bonds. The average molecular weight is 416 g/mol. The summed E-state index contributed by atoms with van der Waals surface area (Å²) in [7, 11) is 0. The van der Waals surface area contributed by atoms with Crippen LogP contribution >= 0.6 is 0 Å². The van der Waals surface area contributed by atoms with Crippen molar-refractivity contribution in [1.29, 1.82) is 0 Å². The van der Waals surface area contributed by atoms with Crippen LogP contribution in [0.25, 0.3) is 0 Å². The van der Waals surface area contributed by atoms with Crippen molar-refractivity contribution in [2.45, 2.75) is 25.6 Å². The van der Waals surface area contributed by atoms with E-state index in [-0.39, 0.29) is 19.6 Å². The maximum absolute atomic E-state index is 13.0. The van der Waals surface area contributed by atoms with Gasteiger partial charge in [0.05, 0.1) is 0 Å². The maximum atomic E-state index is 13.0. The number of ether oxygens (including phenoxy) is 2. The summed E-state index contributed by atoms with van der Waals surface area (Å²) in [5.41, 5.74) is 2.31. The molecule has 0 N–H and O–H groups in total. The van der Waals surface area contributed by atoms with E-state index in [1.165, 1.54) is 0 Å². The van der Waals surface area contributed by atoms with Crippen molar-refractivity contribution in [3.05, 3.63) is 108 Å². The monoisotopic (exact) mass is 416 g/mol. The lowest BCUT2D eigenvalue weighted by Crippen LogP contribution is -2.33. The van der Waals surface area contributed by atoms with E-state index < -0.39 is 23.8 Å². The molecule has 0 heterocycles. The van der Waals surface area contributed by atoms with Crippen molar-refractivity contribution >= 4 is 18.2 Å². The second-order valence-corrected chi connectivity index (χ2v) is 7.08. The van der Waals surface area contributed by atoms with Gasteiger partial charge < -0.3 is 14.3 Å². The smallest absolute Gasteiger partial charge is 0.321 e.